The lowest BCUT2D eigenvalue weighted by atomic mass is 10.3. The third kappa shape index (κ3) is 3.42. The van der Waals surface area contributed by atoms with E-state index in [4.69, 9.17) is 4.74 Å². The standard InChI is InChI=1S/C15H10BrFN2O2S/c16-10-3-1-2-4-12(10)21-8-14(20)19-15-18-11-6-5-9(17)7-13(11)22-15/h1-7H,8H2,(H,18,19,20). The fourth-order valence-corrected chi connectivity index (χ4v) is 3.12. The first-order valence-corrected chi connectivity index (χ1v) is 7.96. The predicted octanol–water partition coefficient (Wildman–Crippen LogP) is 4.22. The van der Waals surface area contributed by atoms with Gasteiger partial charge in [0.05, 0.1) is 14.7 Å². The van der Waals surface area contributed by atoms with Gasteiger partial charge in [-0.3, -0.25) is 10.1 Å². The SMILES string of the molecule is O=C(COc1ccccc1Br)Nc1nc2ccc(F)cc2s1. The topological polar surface area (TPSA) is 51.2 Å². The largest absolute Gasteiger partial charge is 0.483 e. The van der Waals surface area contributed by atoms with Crippen LogP contribution >= 0.6 is 27.3 Å². The van der Waals surface area contributed by atoms with E-state index in [0.29, 0.717) is 21.1 Å². The van der Waals surface area contributed by atoms with Gasteiger partial charge in [0.25, 0.3) is 5.91 Å². The highest BCUT2D eigenvalue weighted by molar-refractivity contribution is 9.10. The zero-order valence-corrected chi connectivity index (χ0v) is 13.6. The van der Waals surface area contributed by atoms with Gasteiger partial charge in [0.2, 0.25) is 0 Å². The van der Waals surface area contributed by atoms with E-state index >= 15 is 0 Å². The van der Waals surface area contributed by atoms with Gasteiger partial charge in [0, 0.05) is 0 Å². The highest BCUT2D eigenvalue weighted by Gasteiger charge is 2.10. The van der Waals surface area contributed by atoms with Crippen LogP contribution in [0.1, 0.15) is 0 Å². The molecule has 0 radical (unpaired) electrons. The predicted molar refractivity (Wildman–Crippen MR) is 87.8 cm³/mol. The first kappa shape index (κ1) is 14.9. The van der Waals surface area contributed by atoms with Crippen LogP contribution in [0.4, 0.5) is 9.52 Å². The van der Waals surface area contributed by atoms with Crippen molar-refractivity contribution in [3.63, 3.8) is 0 Å². The average molecular weight is 381 g/mol. The Morgan fingerprint density at radius 1 is 1.32 bits per heavy atom. The maximum Gasteiger partial charge on any atom is 0.264 e. The number of carbonyl (C=O) groups excluding carboxylic acids is 1. The molecule has 112 valence electrons. The number of anilines is 1. The van der Waals surface area contributed by atoms with Crippen molar-refractivity contribution in [2.24, 2.45) is 0 Å². The van der Waals surface area contributed by atoms with E-state index in [0.717, 1.165) is 4.47 Å². The van der Waals surface area contributed by atoms with Crippen LogP contribution in [0.25, 0.3) is 10.2 Å². The second kappa shape index (κ2) is 6.41. The number of rotatable bonds is 4. The fourth-order valence-electron chi connectivity index (χ4n) is 1.81. The van der Waals surface area contributed by atoms with Crippen LogP contribution in [-0.4, -0.2) is 17.5 Å². The number of hydrogen-bond acceptors (Lipinski definition) is 4. The molecule has 4 nitrogen and oxygen atoms in total. The molecule has 0 saturated carbocycles. The van der Waals surface area contributed by atoms with Crippen molar-refractivity contribution in [2.75, 3.05) is 11.9 Å². The minimum Gasteiger partial charge on any atom is -0.483 e. The molecule has 1 heterocycles. The van der Waals surface area contributed by atoms with Gasteiger partial charge in [-0.05, 0) is 46.3 Å². The number of fused-ring (bicyclic) bond motifs is 1. The molecule has 0 aliphatic carbocycles. The summed E-state index contributed by atoms with van der Waals surface area (Å²) < 4.78 is 20.0. The molecule has 0 spiro atoms. The highest BCUT2D eigenvalue weighted by atomic mass is 79.9. The third-order valence-electron chi connectivity index (χ3n) is 2.79. The van der Waals surface area contributed by atoms with Crippen molar-refractivity contribution in [1.29, 1.82) is 0 Å². The lowest BCUT2D eigenvalue weighted by Gasteiger charge is -2.07. The lowest BCUT2D eigenvalue weighted by Crippen LogP contribution is -2.20. The molecule has 2 aromatic carbocycles. The summed E-state index contributed by atoms with van der Waals surface area (Å²) in [6.07, 6.45) is 0. The summed E-state index contributed by atoms with van der Waals surface area (Å²) in [5, 5.41) is 3.06. The van der Waals surface area contributed by atoms with E-state index in [2.05, 4.69) is 26.2 Å². The van der Waals surface area contributed by atoms with Crippen molar-refractivity contribution in [3.8, 4) is 5.75 Å². The number of halogens is 2. The molecule has 1 amide bonds. The smallest absolute Gasteiger partial charge is 0.264 e. The molecule has 0 fully saturated rings. The number of ether oxygens (including phenoxy) is 1. The van der Waals surface area contributed by atoms with Gasteiger partial charge in [-0.15, -0.1) is 0 Å². The van der Waals surface area contributed by atoms with Crippen LogP contribution in [0, 0.1) is 5.82 Å². The second-order valence-electron chi connectivity index (χ2n) is 4.40. The van der Waals surface area contributed by atoms with E-state index in [1.165, 1.54) is 23.5 Å². The molecule has 3 aromatic rings. The highest BCUT2D eigenvalue weighted by Crippen LogP contribution is 2.27. The summed E-state index contributed by atoms with van der Waals surface area (Å²) in [4.78, 5) is 16.1. The lowest BCUT2D eigenvalue weighted by molar-refractivity contribution is -0.118. The van der Waals surface area contributed by atoms with E-state index in [1.807, 2.05) is 18.2 Å². The molecule has 0 atom stereocenters. The Morgan fingerprint density at radius 2 is 2.14 bits per heavy atom. The molecule has 22 heavy (non-hydrogen) atoms. The van der Waals surface area contributed by atoms with Crippen molar-refractivity contribution in [3.05, 3.63) is 52.8 Å². The maximum absolute atomic E-state index is 13.1. The van der Waals surface area contributed by atoms with Gasteiger partial charge in [-0.1, -0.05) is 23.5 Å². The van der Waals surface area contributed by atoms with Crippen LogP contribution in [0.5, 0.6) is 5.75 Å². The monoisotopic (exact) mass is 380 g/mol. The number of nitrogens with one attached hydrogen (secondary N) is 1. The summed E-state index contributed by atoms with van der Waals surface area (Å²) in [7, 11) is 0. The summed E-state index contributed by atoms with van der Waals surface area (Å²) in [6.45, 7) is -0.132. The van der Waals surface area contributed by atoms with Crippen molar-refractivity contribution in [2.45, 2.75) is 0 Å². The van der Waals surface area contributed by atoms with E-state index < -0.39 is 0 Å². The van der Waals surface area contributed by atoms with Gasteiger partial charge in [-0.25, -0.2) is 9.37 Å². The summed E-state index contributed by atoms with van der Waals surface area (Å²) >= 11 is 4.56. The van der Waals surface area contributed by atoms with Gasteiger partial charge in [-0.2, -0.15) is 0 Å². The molecule has 0 saturated heterocycles. The Kier molecular flexibility index (Phi) is 4.35. The number of para-hydroxylation sites is 1. The molecule has 0 aliphatic heterocycles. The van der Waals surface area contributed by atoms with E-state index in [-0.39, 0.29) is 18.3 Å². The van der Waals surface area contributed by atoms with Crippen molar-refractivity contribution >= 4 is 48.5 Å². The Labute approximate surface area is 138 Å². The van der Waals surface area contributed by atoms with Gasteiger partial charge in [0.15, 0.2) is 11.7 Å². The minimum absolute atomic E-state index is 0.132. The van der Waals surface area contributed by atoms with Crippen LogP contribution < -0.4 is 10.1 Å². The summed E-state index contributed by atoms with van der Waals surface area (Å²) in [5.41, 5.74) is 0.647. The number of hydrogen-bond donors (Lipinski definition) is 1. The number of thiazole rings is 1. The van der Waals surface area contributed by atoms with Gasteiger partial charge in [0.1, 0.15) is 11.6 Å². The first-order chi connectivity index (χ1) is 10.6. The molecular weight excluding hydrogens is 371 g/mol. The van der Waals surface area contributed by atoms with Crippen molar-refractivity contribution < 1.29 is 13.9 Å². The zero-order valence-electron chi connectivity index (χ0n) is 11.2. The molecule has 1 aromatic heterocycles. The van der Waals surface area contributed by atoms with E-state index in [1.54, 1.807) is 12.1 Å². The molecule has 7 heteroatoms. The molecular formula is C15H10BrFN2O2S. The fraction of sp³-hybridized carbons (Fsp3) is 0.0667. The maximum atomic E-state index is 13.1. The molecule has 3 rings (SSSR count). The Hall–Kier alpha value is -1.99. The molecule has 0 aliphatic rings. The number of amides is 1. The number of carbonyl (C=O) groups is 1. The van der Waals surface area contributed by atoms with Crippen LogP contribution in [0.2, 0.25) is 0 Å². The average Bonchev–Trinajstić information content (AvgIpc) is 2.87. The molecule has 0 unspecified atom stereocenters. The minimum atomic E-state index is -0.328. The number of aromatic nitrogens is 1. The van der Waals surface area contributed by atoms with E-state index in [9.17, 15) is 9.18 Å². The Balaban J connectivity index is 1.64. The van der Waals surface area contributed by atoms with Gasteiger partial charge < -0.3 is 4.74 Å². The van der Waals surface area contributed by atoms with Gasteiger partial charge >= 0.3 is 0 Å². The summed E-state index contributed by atoms with van der Waals surface area (Å²) in [6, 6.07) is 11.6. The molecule has 1 N–H and O–H groups in total. The number of nitrogens with zero attached hydrogens (tertiary/aromatic N) is 1. The summed E-state index contributed by atoms with van der Waals surface area (Å²) in [5.74, 6) is -0.0643. The number of benzene rings is 2. The van der Waals surface area contributed by atoms with Crippen LogP contribution in [-0.2, 0) is 4.79 Å². The molecule has 0 bridgehead atoms. The normalized spacial score (nSPS) is 10.6. The Bertz CT molecular complexity index is 837. The van der Waals surface area contributed by atoms with Crippen molar-refractivity contribution in [1.82, 2.24) is 4.98 Å². The third-order valence-corrected chi connectivity index (χ3v) is 4.38. The Morgan fingerprint density at radius 3 is 2.95 bits per heavy atom. The quantitative estimate of drug-likeness (QED) is 0.737. The first-order valence-electron chi connectivity index (χ1n) is 6.35. The van der Waals surface area contributed by atoms with Crippen LogP contribution in [0.15, 0.2) is 46.9 Å². The zero-order chi connectivity index (χ0) is 15.5. The van der Waals surface area contributed by atoms with Crippen LogP contribution in [0.3, 0.4) is 0 Å². The second-order valence-corrected chi connectivity index (χ2v) is 6.28.